The molecule has 0 aromatic carbocycles. The number of aromatic nitrogens is 4. The van der Waals surface area contributed by atoms with E-state index in [9.17, 15) is 0 Å². The number of hydrogen-bond donors (Lipinski definition) is 2. The van der Waals surface area contributed by atoms with E-state index in [1.54, 1.807) is 0 Å². The molecule has 2 heterocycles. The molecule has 2 aromatic heterocycles. The van der Waals surface area contributed by atoms with Gasteiger partial charge in [-0.1, -0.05) is 0 Å². The van der Waals surface area contributed by atoms with Crippen LogP contribution in [0.3, 0.4) is 0 Å². The Morgan fingerprint density at radius 1 is 1.44 bits per heavy atom. The zero-order valence-corrected chi connectivity index (χ0v) is 11.5. The maximum atomic E-state index is 4.16. The second kappa shape index (κ2) is 5.35. The van der Waals surface area contributed by atoms with Gasteiger partial charge in [-0.25, -0.2) is 4.98 Å². The maximum absolute atomic E-state index is 4.16. The first kappa shape index (κ1) is 12.8. The number of aryl methyl sites for hydroxylation is 1. The third-order valence-electron chi connectivity index (χ3n) is 3.44. The van der Waals surface area contributed by atoms with Crippen LogP contribution in [0.1, 0.15) is 42.7 Å². The minimum atomic E-state index is 0.178. The van der Waals surface area contributed by atoms with Crippen LogP contribution in [0.2, 0.25) is 0 Å². The summed E-state index contributed by atoms with van der Waals surface area (Å²) in [7, 11) is 0. The molecule has 5 heteroatoms. The molecule has 18 heavy (non-hydrogen) atoms. The van der Waals surface area contributed by atoms with E-state index in [-0.39, 0.29) is 6.04 Å². The summed E-state index contributed by atoms with van der Waals surface area (Å²) >= 11 is 0. The van der Waals surface area contributed by atoms with Crippen molar-refractivity contribution in [1.82, 2.24) is 25.1 Å². The molecule has 0 aliphatic rings. The largest absolute Gasteiger partial charge is 0.349 e. The van der Waals surface area contributed by atoms with Crippen molar-refractivity contribution in [3.05, 3.63) is 35.2 Å². The zero-order chi connectivity index (χ0) is 13.1. The average molecular weight is 247 g/mol. The molecule has 2 rings (SSSR count). The van der Waals surface area contributed by atoms with Crippen LogP contribution < -0.4 is 5.32 Å². The number of hydrogen-bond acceptors (Lipinski definition) is 3. The summed E-state index contributed by atoms with van der Waals surface area (Å²) in [6.45, 7) is 10.5. The zero-order valence-electron chi connectivity index (χ0n) is 11.5. The molecule has 0 fully saturated rings. The number of rotatable bonds is 5. The van der Waals surface area contributed by atoms with Gasteiger partial charge in [0.1, 0.15) is 12.2 Å². The second-order valence-electron chi connectivity index (χ2n) is 4.61. The molecule has 0 aliphatic heterocycles. The van der Waals surface area contributed by atoms with Crippen LogP contribution in [0.5, 0.6) is 0 Å². The Bertz CT molecular complexity index is 498. The predicted octanol–water partition coefficient (Wildman–Crippen LogP) is 2.09. The predicted molar refractivity (Wildman–Crippen MR) is 71.2 cm³/mol. The summed E-state index contributed by atoms with van der Waals surface area (Å²) in [6.07, 6.45) is 1.54. The smallest absolute Gasteiger partial charge is 0.141 e. The highest BCUT2D eigenvalue weighted by Gasteiger charge is 2.11. The monoisotopic (exact) mass is 247 g/mol. The van der Waals surface area contributed by atoms with E-state index in [1.165, 1.54) is 23.3 Å². The van der Waals surface area contributed by atoms with Gasteiger partial charge in [-0.05, 0) is 39.3 Å². The highest BCUT2D eigenvalue weighted by Crippen LogP contribution is 2.16. The number of H-pyrrole nitrogens is 1. The topological polar surface area (TPSA) is 58.5 Å². The van der Waals surface area contributed by atoms with Crippen molar-refractivity contribution in [3.63, 3.8) is 0 Å². The van der Waals surface area contributed by atoms with E-state index in [0.717, 1.165) is 18.9 Å². The minimum Gasteiger partial charge on any atom is -0.349 e. The first-order valence-electron chi connectivity index (χ1n) is 6.37. The van der Waals surface area contributed by atoms with Crippen LogP contribution in [0, 0.1) is 13.8 Å². The molecule has 2 aromatic rings. The molecule has 0 aliphatic carbocycles. The van der Waals surface area contributed by atoms with Crippen molar-refractivity contribution in [2.24, 2.45) is 0 Å². The standard InChI is InChI=1S/C13H21N5/c1-5-18-9(2)6-12(11(18)4)7-14-10(3)13-15-8-16-17-13/h6,8,10,14H,5,7H2,1-4H3,(H,15,16,17). The van der Waals surface area contributed by atoms with Gasteiger partial charge in [-0.3, -0.25) is 5.10 Å². The van der Waals surface area contributed by atoms with E-state index in [2.05, 4.69) is 58.8 Å². The lowest BCUT2D eigenvalue weighted by Gasteiger charge is -2.11. The third kappa shape index (κ3) is 2.46. The van der Waals surface area contributed by atoms with E-state index >= 15 is 0 Å². The average Bonchev–Trinajstić information content (AvgIpc) is 2.95. The fraction of sp³-hybridized carbons (Fsp3) is 0.538. The fourth-order valence-electron chi connectivity index (χ4n) is 2.32. The van der Waals surface area contributed by atoms with E-state index < -0.39 is 0 Å². The molecule has 1 atom stereocenters. The SMILES string of the molecule is CCn1c(C)cc(CNC(C)c2ncn[nH]2)c1C. The van der Waals surface area contributed by atoms with E-state index in [0.29, 0.717) is 0 Å². The van der Waals surface area contributed by atoms with Crippen molar-refractivity contribution in [2.75, 3.05) is 0 Å². The van der Waals surface area contributed by atoms with Gasteiger partial charge in [0.25, 0.3) is 0 Å². The number of nitrogens with zero attached hydrogens (tertiary/aromatic N) is 3. The van der Waals surface area contributed by atoms with E-state index in [1.807, 2.05) is 0 Å². The molecule has 0 amide bonds. The summed E-state index contributed by atoms with van der Waals surface area (Å²) < 4.78 is 2.33. The molecule has 0 saturated carbocycles. The van der Waals surface area contributed by atoms with Crippen molar-refractivity contribution in [3.8, 4) is 0 Å². The summed E-state index contributed by atoms with van der Waals surface area (Å²) in [5, 5.41) is 10.2. The Morgan fingerprint density at radius 2 is 2.22 bits per heavy atom. The van der Waals surface area contributed by atoms with Crippen molar-refractivity contribution in [2.45, 2.75) is 46.8 Å². The van der Waals surface area contributed by atoms with Crippen LogP contribution in [0.4, 0.5) is 0 Å². The normalized spacial score (nSPS) is 12.9. The van der Waals surface area contributed by atoms with Crippen molar-refractivity contribution < 1.29 is 0 Å². The highest BCUT2D eigenvalue weighted by molar-refractivity contribution is 5.26. The molecule has 0 radical (unpaired) electrons. The van der Waals surface area contributed by atoms with Crippen LogP contribution in [-0.2, 0) is 13.1 Å². The summed E-state index contributed by atoms with van der Waals surface area (Å²) in [5.41, 5.74) is 4.01. The van der Waals surface area contributed by atoms with Crippen LogP contribution in [-0.4, -0.2) is 19.7 Å². The van der Waals surface area contributed by atoms with Gasteiger partial charge in [0.05, 0.1) is 6.04 Å². The molecule has 5 nitrogen and oxygen atoms in total. The number of aromatic amines is 1. The van der Waals surface area contributed by atoms with E-state index in [4.69, 9.17) is 0 Å². The van der Waals surface area contributed by atoms with Crippen LogP contribution in [0.15, 0.2) is 12.4 Å². The lowest BCUT2D eigenvalue weighted by molar-refractivity contribution is 0.545. The van der Waals surface area contributed by atoms with Crippen LogP contribution in [0.25, 0.3) is 0 Å². The lowest BCUT2D eigenvalue weighted by Crippen LogP contribution is -2.19. The molecular weight excluding hydrogens is 226 g/mol. The molecule has 2 N–H and O–H groups in total. The Hall–Kier alpha value is -1.62. The van der Waals surface area contributed by atoms with Crippen LogP contribution >= 0.6 is 0 Å². The van der Waals surface area contributed by atoms with Crippen molar-refractivity contribution in [1.29, 1.82) is 0 Å². The first-order chi connectivity index (χ1) is 8.63. The summed E-state index contributed by atoms with van der Waals surface area (Å²) in [6, 6.07) is 2.43. The lowest BCUT2D eigenvalue weighted by atomic mass is 10.2. The first-order valence-corrected chi connectivity index (χ1v) is 6.37. The second-order valence-corrected chi connectivity index (χ2v) is 4.61. The molecule has 0 bridgehead atoms. The number of nitrogens with one attached hydrogen (secondary N) is 2. The Balaban J connectivity index is 2.02. The van der Waals surface area contributed by atoms with Gasteiger partial charge in [0.15, 0.2) is 0 Å². The Kier molecular flexibility index (Phi) is 3.81. The molecule has 98 valence electrons. The minimum absolute atomic E-state index is 0.178. The summed E-state index contributed by atoms with van der Waals surface area (Å²) in [5.74, 6) is 0.874. The fourth-order valence-corrected chi connectivity index (χ4v) is 2.32. The van der Waals surface area contributed by atoms with Gasteiger partial charge >= 0.3 is 0 Å². The molecule has 0 saturated heterocycles. The molecular formula is C13H21N5. The molecule has 0 spiro atoms. The Labute approximate surface area is 108 Å². The van der Waals surface area contributed by atoms with Gasteiger partial charge in [-0.15, -0.1) is 0 Å². The third-order valence-corrected chi connectivity index (χ3v) is 3.44. The van der Waals surface area contributed by atoms with Crippen molar-refractivity contribution >= 4 is 0 Å². The Morgan fingerprint density at radius 3 is 2.78 bits per heavy atom. The van der Waals surface area contributed by atoms with Gasteiger partial charge < -0.3 is 9.88 Å². The summed E-state index contributed by atoms with van der Waals surface area (Å²) in [4.78, 5) is 4.16. The van der Waals surface area contributed by atoms with Gasteiger partial charge in [0.2, 0.25) is 0 Å². The maximum Gasteiger partial charge on any atom is 0.141 e. The van der Waals surface area contributed by atoms with Gasteiger partial charge in [-0.2, -0.15) is 5.10 Å². The molecule has 1 unspecified atom stereocenters. The van der Waals surface area contributed by atoms with Gasteiger partial charge in [0, 0.05) is 24.5 Å². The quantitative estimate of drug-likeness (QED) is 0.850. The highest BCUT2D eigenvalue weighted by atomic mass is 15.2.